The molecule has 18 heavy (non-hydrogen) atoms. The van der Waals surface area contributed by atoms with Gasteiger partial charge in [0.2, 0.25) is 0 Å². The Morgan fingerprint density at radius 2 is 2.06 bits per heavy atom. The van der Waals surface area contributed by atoms with E-state index < -0.39 is 0 Å². The normalized spacial score (nSPS) is 17.6. The third-order valence-electron chi connectivity index (χ3n) is 3.10. The van der Waals surface area contributed by atoms with Gasteiger partial charge in [0.25, 0.3) is 0 Å². The van der Waals surface area contributed by atoms with Gasteiger partial charge in [-0.15, -0.1) is 0 Å². The van der Waals surface area contributed by atoms with Gasteiger partial charge in [-0.2, -0.15) is 0 Å². The maximum Gasteiger partial charge on any atom is 0.0984 e. The van der Waals surface area contributed by atoms with Crippen LogP contribution >= 0.6 is 0 Å². The van der Waals surface area contributed by atoms with E-state index in [2.05, 4.69) is 48.2 Å². The van der Waals surface area contributed by atoms with Crippen molar-refractivity contribution in [2.24, 2.45) is 0 Å². The number of rotatable bonds is 7. The van der Waals surface area contributed by atoms with E-state index >= 15 is 0 Å². The molecule has 1 aromatic rings. The second kappa shape index (κ2) is 6.07. The summed E-state index contributed by atoms with van der Waals surface area (Å²) in [7, 11) is 5.85. The minimum absolute atomic E-state index is 0.393. The lowest BCUT2D eigenvalue weighted by molar-refractivity contribution is 0.204. The second-order valence-electron chi connectivity index (χ2n) is 4.81. The smallest absolute Gasteiger partial charge is 0.0984 e. The van der Waals surface area contributed by atoms with Crippen molar-refractivity contribution in [3.63, 3.8) is 0 Å². The lowest BCUT2D eigenvalue weighted by Gasteiger charge is -2.25. The Morgan fingerprint density at radius 1 is 1.33 bits per heavy atom. The van der Waals surface area contributed by atoms with Crippen molar-refractivity contribution in [2.45, 2.75) is 6.10 Å². The molecule has 1 aromatic carbocycles. The SMILES string of the molecule is COCCN(CC1CO1)c1cccc(N(C)C)c1. The Bertz CT molecular complexity index is 378. The molecule has 4 heteroatoms. The molecule has 1 saturated heterocycles. The van der Waals surface area contributed by atoms with E-state index in [4.69, 9.17) is 9.47 Å². The first-order valence-corrected chi connectivity index (χ1v) is 6.33. The first-order valence-electron chi connectivity index (χ1n) is 6.33. The summed E-state index contributed by atoms with van der Waals surface area (Å²) >= 11 is 0. The molecule has 0 spiro atoms. The fourth-order valence-electron chi connectivity index (χ4n) is 1.91. The van der Waals surface area contributed by atoms with Crippen LogP contribution in [0.5, 0.6) is 0 Å². The zero-order valence-corrected chi connectivity index (χ0v) is 11.4. The van der Waals surface area contributed by atoms with Crippen molar-refractivity contribution in [1.82, 2.24) is 0 Å². The average Bonchev–Trinajstić information content (AvgIpc) is 3.18. The second-order valence-corrected chi connectivity index (χ2v) is 4.81. The summed E-state index contributed by atoms with van der Waals surface area (Å²) in [5.74, 6) is 0. The molecule has 4 nitrogen and oxygen atoms in total. The number of methoxy groups -OCH3 is 1. The molecular weight excluding hydrogens is 228 g/mol. The van der Waals surface area contributed by atoms with Crippen LogP contribution in [-0.4, -0.2) is 53.6 Å². The summed E-state index contributed by atoms with van der Waals surface area (Å²) in [5.41, 5.74) is 2.44. The van der Waals surface area contributed by atoms with Crippen LogP contribution in [-0.2, 0) is 9.47 Å². The minimum Gasteiger partial charge on any atom is -0.383 e. The molecule has 2 rings (SSSR count). The van der Waals surface area contributed by atoms with Gasteiger partial charge in [-0.05, 0) is 18.2 Å². The summed E-state index contributed by atoms with van der Waals surface area (Å²) in [4.78, 5) is 4.44. The average molecular weight is 250 g/mol. The molecule has 1 aliphatic rings. The highest BCUT2D eigenvalue weighted by Crippen LogP contribution is 2.23. The third kappa shape index (κ3) is 3.62. The number of ether oxygens (including phenoxy) is 2. The molecule has 1 aliphatic heterocycles. The number of benzene rings is 1. The predicted octanol–water partition coefficient (Wildman–Crippen LogP) is 1.60. The molecule has 0 saturated carbocycles. The Kier molecular flexibility index (Phi) is 4.44. The maximum absolute atomic E-state index is 5.33. The Hall–Kier alpha value is -1.26. The summed E-state index contributed by atoms with van der Waals surface area (Å²) in [6.45, 7) is 3.46. The summed E-state index contributed by atoms with van der Waals surface area (Å²) < 4.78 is 10.5. The van der Waals surface area contributed by atoms with Crippen LogP contribution in [0.2, 0.25) is 0 Å². The lowest BCUT2D eigenvalue weighted by atomic mass is 10.2. The number of hydrogen-bond acceptors (Lipinski definition) is 4. The fraction of sp³-hybridized carbons (Fsp3) is 0.571. The zero-order valence-electron chi connectivity index (χ0n) is 11.4. The molecular formula is C14H22N2O2. The van der Waals surface area contributed by atoms with Crippen molar-refractivity contribution < 1.29 is 9.47 Å². The quantitative estimate of drug-likeness (QED) is 0.687. The molecule has 0 aromatic heterocycles. The van der Waals surface area contributed by atoms with Crippen molar-refractivity contribution >= 4 is 11.4 Å². The van der Waals surface area contributed by atoms with Crippen LogP contribution in [0.25, 0.3) is 0 Å². The minimum atomic E-state index is 0.393. The Morgan fingerprint density at radius 3 is 2.67 bits per heavy atom. The summed E-state index contributed by atoms with van der Waals surface area (Å²) in [6, 6.07) is 8.56. The van der Waals surface area contributed by atoms with Gasteiger partial charge in [-0.25, -0.2) is 0 Å². The summed E-state index contributed by atoms with van der Waals surface area (Å²) in [5, 5.41) is 0. The van der Waals surface area contributed by atoms with Gasteiger partial charge >= 0.3 is 0 Å². The molecule has 0 amide bonds. The lowest BCUT2D eigenvalue weighted by Crippen LogP contribution is -2.31. The van der Waals surface area contributed by atoms with Crippen molar-refractivity contribution in [1.29, 1.82) is 0 Å². The third-order valence-corrected chi connectivity index (χ3v) is 3.10. The Balaban J connectivity index is 2.09. The highest BCUT2D eigenvalue weighted by molar-refractivity contribution is 5.59. The predicted molar refractivity (Wildman–Crippen MR) is 74.6 cm³/mol. The standard InChI is InChI=1S/C14H22N2O2/c1-15(2)12-5-4-6-13(9-12)16(7-8-17-3)10-14-11-18-14/h4-6,9,14H,7-8,10-11H2,1-3H3. The zero-order chi connectivity index (χ0) is 13.0. The van der Waals surface area contributed by atoms with Crippen LogP contribution < -0.4 is 9.80 Å². The monoisotopic (exact) mass is 250 g/mol. The van der Waals surface area contributed by atoms with Gasteiger partial charge in [-0.3, -0.25) is 0 Å². The molecule has 1 fully saturated rings. The van der Waals surface area contributed by atoms with Crippen molar-refractivity contribution in [2.75, 3.05) is 57.3 Å². The summed E-state index contributed by atoms with van der Waals surface area (Å²) in [6.07, 6.45) is 0.393. The van der Waals surface area contributed by atoms with Crippen molar-refractivity contribution in [3.05, 3.63) is 24.3 Å². The molecule has 1 atom stereocenters. The molecule has 0 bridgehead atoms. The molecule has 1 heterocycles. The van der Waals surface area contributed by atoms with Gasteiger partial charge in [0.15, 0.2) is 0 Å². The van der Waals surface area contributed by atoms with Gasteiger partial charge < -0.3 is 19.3 Å². The number of hydrogen-bond donors (Lipinski definition) is 0. The topological polar surface area (TPSA) is 28.2 Å². The maximum atomic E-state index is 5.33. The molecule has 0 aliphatic carbocycles. The van der Waals surface area contributed by atoms with Gasteiger partial charge in [0.05, 0.1) is 19.3 Å². The number of anilines is 2. The molecule has 0 N–H and O–H groups in total. The first-order chi connectivity index (χ1) is 8.70. The van der Waals surface area contributed by atoms with Crippen LogP contribution in [0.15, 0.2) is 24.3 Å². The Labute approximate surface area is 109 Å². The van der Waals surface area contributed by atoms with Crippen LogP contribution in [0.3, 0.4) is 0 Å². The van der Waals surface area contributed by atoms with E-state index in [9.17, 15) is 0 Å². The van der Waals surface area contributed by atoms with Gasteiger partial charge in [0.1, 0.15) is 0 Å². The first kappa shape index (κ1) is 13.2. The molecule has 1 unspecified atom stereocenters. The van der Waals surface area contributed by atoms with Crippen LogP contribution in [0.1, 0.15) is 0 Å². The largest absolute Gasteiger partial charge is 0.383 e. The van der Waals surface area contributed by atoms with Crippen LogP contribution in [0.4, 0.5) is 11.4 Å². The van der Waals surface area contributed by atoms with Gasteiger partial charge in [0, 0.05) is 45.7 Å². The van der Waals surface area contributed by atoms with E-state index in [1.165, 1.54) is 11.4 Å². The van der Waals surface area contributed by atoms with E-state index in [1.807, 2.05) is 0 Å². The molecule has 100 valence electrons. The van der Waals surface area contributed by atoms with E-state index in [1.54, 1.807) is 7.11 Å². The fourth-order valence-corrected chi connectivity index (χ4v) is 1.91. The van der Waals surface area contributed by atoms with Gasteiger partial charge in [-0.1, -0.05) is 6.07 Å². The highest BCUT2D eigenvalue weighted by Gasteiger charge is 2.25. The van der Waals surface area contributed by atoms with Crippen molar-refractivity contribution in [3.8, 4) is 0 Å². The van der Waals surface area contributed by atoms with E-state index in [-0.39, 0.29) is 0 Å². The molecule has 0 radical (unpaired) electrons. The highest BCUT2D eigenvalue weighted by atomic mass is 16.6. The number of nitrogens with zero attached hydrogens (tertiary/aromatic N) is 2. The van der Waals surface area contributed by atoms with Crippen LogP contribution in [0, 0.1) is 0 Å². The van der Waals surface area contributed by atoms with E-state index in [0.717, 1.165) is 26.3 Å². The number of epoxide rings is 1. The van der Waals surface area contributed by atoms with E-state index in [0.29, 0.717) is 6.10 Å².